The minimum atomic E-state index is -0.480. The number of nitro benzene ring substituents is 1. The maximum absolute atomic E-state index is 12.9. The molecular weight excluding hydrogens is 520 g/mol. The maximum atomic E-state index is 12.9. The standard InChI is InChI=1S/C18H12BrClN2O4S3/c19-12-3-2-11(9-13(12)20)21-17(24)16(29-18(21)27)8-10-1-4-15(28-6-5-23)14(7-10)22(25)26/h1-4,7-9,23H,5-6H2. The first kappa shape index (κ1) is 22.3. The number of benzene rings is 2. The molecule has 0 atom stereocenters. The first-order valence-electron chi connectivity index (χ1n) is 8.07. The van der Waals surface area contributed by atoms with Crippen molar-refractivity contribution in [2.75, 3.05) is 17.3 Å². The van der Waals surface area contributed by atoms with Crippen LogP contribution in [-0.2, 0) is 4.79 Å². The van der Waals surface area contributed by atoms with Gasteiger partial charge in [-0.2, -0.15) is 0 Å². The molecule has 1 heterocycles. The number of aliphatic hydroxyl groups is 1. The molecule has 1 aliphatic heterocycles. The van der Waals surface area contributed by atoms with Crippen LogP contribution in [0.2, 0.25) is 5.02 Å². The van der Waals surface area contributed by atoms with Crippen LogP contribution in [0.25, 0.3) is 6.08 Å². The lowest BCUT2D eigenvalue weighted by Gasteiger charge is -2.15. The van der Waals surface area contributed by atoms with Gasteiger partial charge < -0.3 is 5.11 Å². The summed E-state index contributed by atoms with van der Waals surface area (Å²) in [6.45, 7) is -0.0773. The number of rotatable bonds is 6. The van der Waals surface area contributed by atoms with E-state index in [4.69, 9.17) is 28.9 Å². The second-order valence-corrected chi connectivity index (χ2v) is 9.75. The van der Waals surface area contributed by atoms with Crippen molar-refractivity contribution in [2.24, 2.45) is 0 Å². The highest BCUT2D eigenvalue weighted by Crippen LogP contribution is 2.39. The Kier molecular flexibility index (Phi) is 7.36. The van der Waals surface area contributed by atoms with Crippen LogP contribution in [-0.4, -0.2) is 32.6 Å². The average molecular weight is 532 g/mol. The van der Waals surface area contributed by atoms with Crippen molar-refractivity contribution in [3.8, 4) is 0 Å². The predicted molar refractivity (Wildman–Crippen MR) is 126 cm³/mol. The van der Waals surface area contributed by atoms with Crippen LogP contribution >= 0.6 is 63.3 Å². The van der Waals surface area contributed by atoms with Gasteiger partial charge in [0, 0.05) is 16.3 Å². The number of hydrogen-bond acceptors (Lipinski definition) is 7. The number of carbonyl (C=O) groups is 1. The summed E-state index contributed by atoms with van der Waals surface area (Å²) in [6, 6.07) is 9.79. The van der Waals surface area contributed by atoms with Crippen molar-refractivity contribution in [1.29, 1.82) is 0 Å². The van der Waals surface area contributed by atoms with Crippen LogP contribution in [0.4, 0.5) is 11.4 Å². The Labute approximate surface area is 193 Å². The number of thioether (sulfide) groups is 2. The summed E-state index contributed by atoms with van der Waals surface area (Å²) >= 11 is 17.1. The molecule has 0 radical (unpaired) electrons. The van der Waals surface area contributed by atoms with Gasteiger partial charge in [0.2, 0.25) is 0 Å². The van der Waals surface area contributed by atoms with Crippen molar-refractivity contribution >= 4 is 91.0 Å². The largest absolute Gasteiger partial charge is 0.396 e. The van der Waals surface area contributed by atoms with Gasteiger partial charge in [-0.15, -0.1) is 11.8 Å². The number of thiocarbonyl (C=S) groups is 1. The lowest BCUT2D eigenvalue weighted by atomic mass is 10.2. The Morgan fingerprint density at radius 3 is 2.76 bits per heavy atom. The first-order chi connectivity index (χ1) is 13.8. The molecule has 11 heteroatoms. The molecule has 1 saturated heterocycles. The molecule has 0 aromatic heterocycles. The second-order valence-electron chi connectivity index (χ2n) is 5.67. The summed E-state index contributed by atoms with van der Waals surface area (Å²) in [4.78, 5) is 26.0. The van der Waals surface area contributed by atoms with E-state index in [0.29, 0.717) is 40.6 Å². The molecular formula is C18H12BrClN2O4S3. The van der Waals surface area contributed by atoms with Gasteiger partial charge in [0.15, 0.2) is 4.32 Å². The monoisotopic (exact) mass is 530 g/mol. The third-order valence-electron chi connectivity index (χ3n) is 3.78. The van der Waals surface area contributed by atoms with E-state index in [1.54, 1.807) is 36.4 Å². The van der Waals surface area contributed by atoms with E-state index in [2.05, 4.69) is 15.9 Å². The van der Waals surface area contributed by atoms with Crippen LogP contribution in [0.1, 0.15) is 5.56 Å². The summed E-state index contributed by atoms with van der Waals surface area (Å²) in [7, 11) is 0. The van der Waals surface area contributed by atoms with Gasteiger partial charge in [-0.1, -0.05) is 41.6 Å². The van der Waals surface area contributed by atoms with Crippen molar-refractivity contribution in [3.63, 3.8) is 0 Å². The number of nitrogens with zero attached hydrogens (tertiary/aromatic N) is 2. The molecule has 0 spiro atoms. The summed E-state index contributed by atoms with van der Waals surface area (Å²) in [6.07, 6.45) is 1.58. The van der Waals surface area contributed by atoms with Crippen LogP contribution in [0.3, 0.4) is 0 Å². The molecule has 1 amide bonds. The first-order valence-corrected chi connectivity index (χ1v) is 11.4. The Morgan fingerprint density at radius 2 is 2.10 bits per heavy atom. The zero-order valence-corrected chi connectivity index (χ0v) is 19.3. The Morgan fingerprint density at radius 1 is 1.34 bits per heavy atom. The number of nitro groups is 1. The van der Waals surface area contributed by atoms with Crippen molar-refractivity contribution < 1.29 is 14.8 Å². The van der Waals surface area contributed by atoms with E-state index >= 15 is 0 Å². The lowest BCUT2D eigenvalue weighted by Crippen LogP contribution is -2.27. The normalized spacial score (nSPS) is 15.4. The van der Waals surface area contributed by atoms with E-state index in [9.17, 15) is 14.9 Å². The fourth-order valence-electron chi connectivity index (χ4n) is 2.51. The van der Waals surface area contributed by atoms with Gasteiger partial charge in [0.25, 0.3) is 11.6 Å². The summed E-state index contributed by atoms with van der Waals surface area (Å²) in [5.41, 5.74) is 0.984. The van der Waals surface area contributed by atoms with Gasteiger partial charge in [-0.05, 0) is 51.8 Å². The highest BCUT2D eigenvalue weighted by atomic mass is 79.9. The molecule has 1 fully saturated rings. The van der Waals surface area contributed by atoms with E-state index in [0.717, 1.165) is 11.8 Å². The minimum Gasteiger partial charge on any atom is -0.396 e. The Bertz CT molecular complexity index is 1050. The fourth-order valence-corrected chi connectivity index (χ4v) is 4.99. The SMILES string of the molecule is O=C1C(=Cc2ccc(SCCO)c([N+](=O)[O-])c2)SC(=S)N1c1ccc(Br)c(Cl)c1. The van der Waals surface area contributed by atoms with E-state index in [-0.39, 0.29) is 18.2 Å². The highest BCUT2D eigenvalue weighted by molar-refractivity contribution is 9.10. The van der Waals surface area contributed by atoms with Gasteiger partial charge in [0.05, 0.1) is 32.0 Å². The number of amides is 1. The zero-order chi connectivity index (χ0) is 21.1. The molecule has 1 N–H and O–H groups in total. The topological polar surface area (TPSA) is 83.7 Å². The van der Waals surface area contributed by atoms with Gasteiger partial charge in [-0.3, -0.25) is 19.8 Å². The Balaban J connectivity index is 1.92. The average Bonchev–Trinajstić information content (AvgIpc) is 2.96. The molecule has 2 aromatic rings. The van der Waals surface area contributed by atoms with Crippen molar-refractivity contribution in [2.45, 2.75) is 4.90 Å². The maximum Gasteiger partial charge on any atom is 0.283 e. The number of halogens is 2. The third kappa shape index (κ3) is 5.01. The molecule has 0 unspecified atom stereocenters. The highest BCUT2D eigenvalue weighted by Gasteiger charge is 2.33. The molecule has 0 bridgehead atoms. The summed E-state index contributed by atoms with van der Waals surface area (Å²) < 4.78 is 1.06. The summed E-state index contributed by atoms with van der Waals surface area (Å²) in [5.74, 6) is 0.0361. The minimum absolute atomic E-state index is 0.0765. The smallest absolute Gasteiger partial charge is 0.283 e. The number of hydrogen-bond donors (Lipinski definition) is 1. The van der Waals surface area contributed by atoms with Crippen LogP contribution < -0.4 is 4.90 Å². The summed E-state index contributed by atoms with van der Waals surface area (Å²) in [5, 5.41) is 20.8. The van der Waals surface area contributed by atoms with Gasteiger partial charge in [-0.25, -0.2) is 0 Å². The van der Waals surface area contributed by atoms with Crippen LogP contribution in [0.5, 0.6) is 0 Å². The molecule has 2 aromatic carbocycles. The molecule has 0 saturated carbocycles. The van der Waals surface area contributed by atoms with E-state index in [1.807, 2.05) is 0 Å². The quantitative estimate of drug-likeness (QED) is 0.173. The van der Waals surface area contributed by atoms with E-state index < -0.39 is 4.92 Å². The van der Waals surface area contributed by atoms with Crippen LogP contribution in [0, 0.1) is 10.1 Å². The van der Waals surface area contributed by atoms with Crippen LogP contribution in [0.15, 0.2) is 50.7 Å². The number of aliphatic hydroxyl groups excluding tert-OH is 1. The Hall–Kier alpha value is -1.43. The zero-order valence-electron chi connectivity index (χ0n) is 14.5. The fraction of sp³-hybridized carbons (Fsp3) is 0.111. The molecule has 3 rings (SSSR count). The molecule has 0 aliphatic carbocycles. The van der Waals surface area contributed by atoms with Gasteiger partial charge in [0.1, 0.15) is 0 Å². The molecule has 1 aliphatic rings. The molecule has 29 heavy (non-hydrogen) atoms. The van der Waals surface area contributed by atoms with Crippen molar-refractivity contribution in [3.05, 3.63) is 66.5 Å². The second kappa shape index (κ2) is 9.59. The predicted octanol–water partition coefficient (Wildman–Crippen LogP) is 5.50. The number of carbonyl (C=O) groups excluding carboxylic acids is 1. The molecule has 150 valence electrons. The van der Waals surface area contributed by atoms with Crippen molar-refractivity contribution in [1.82, 2.24) is 0 Å². The molecule has 6 nitrogen and oxygen atoms in total. The lowest BCUT2D eigenvalue weighted by molar-refractivity contribution is -0.387. The van der Waals surface area contributed by atoms with E-state index in [1.165, 1.54) is 22.7 Å². The third-order valence-corrected chi connectivity index (χ3v) is 7.36. The number of anilines is 1. The van der Waals surface area contributed by atoms with Gasteiger partial charge >= 0.3 is 0 Å².